The monoisotopic (exact) mass is 431 g/mol. The van der Waals surface area contributed by atoms with Crippen LogP contribution in [0.4, 0.5) is 5.13 Å². The Bertz CT molecular complexity index is 1370. The van der Waals surface area contributed by atoms with Crippen LogP contribution in [-0.2, 0) is 20.0 Å². The number of hydrogen-bond donors (Lipinski definition) is 1. The van der Waals surface area contributed by atoms with Crippen LogP contribution in [0, 0.1) is 0 Å². The molecule has 0 saturated carbocycles. The van der Waals surface area contributed by atoms with Crippen molar-refractivity contribution in [2.75, 3.05) is 18.9 Å². The first kappa shape index (κ1) is 19.6. The van der Waals surface area contributed by atoms with E-state index in [2.05, 4.69) is 26.3 Å². The van der Waals surface area contributed by atoms with Crippen LogP contribution in [0.3, 0.4) is 0 Å². The van der Waals surface area contributed by atoms with Gasteiger partial charge in [0.15, 0.2) is 5.13 Å². The molecular formula is C23H21N5O2S. The van der Waals surface area contributed by atoms with E-state index in [9.17, 15) is 9.59 Å². The third-order valence-corrected chi connectivity index (χ3v) is 6.62. The standard InChI is InChI=1S/C23H21N5O2S/c1-27-8-6-17-18(12-27)19(13-28(2)22(17)30)21(29)26-23-25-11-20(31-23)15-3-4-16-10-24-7-5-14(16)9-15/h3-5,7,9-11,13H,6,8,12H2,1-2H3,(H,25,26,29). The van der Waals surface area contributed by atoms with E-state index in [0.29, 0.717) is 23.7 Å². The van der Waals surface area contributed by atoms with Crippen molar-refractivity contribution in [2.24, 2.45) is 7.05 Å². The molecule has 0 spiro atoms. The zero-order chi connectivity index (χ0) is 21.5. The van der Waals surface area contributed by atoms with Gasteiger partial charge in [0.05, 0.1) is 10.4 Å². The second kappa shape index (κ2) is 7.72. The van der Waals surface area contributed by atoms with Crippen molar-refractivity contribution in [2.45, 2.75) is 13.0 Å². The number of aromatic nitrogens is 3. The molecule has 0 fully saturated rings. The predicted molar refractivity (Wildman–Crippen MR) is 123 cm³/mol. The Morgan fingerprint density at radius 3 is 2.87 bits per heavy atom. The number of carbonyl (C=O) groups is 1. The van der Waals surface area contributed by atoms with E-state index in [1.165, 1.54) is 15.9 Å². The quantitative estimate of drug-likeness (QED) is 0.538. The number of nitrogens with one attached hydrogen (secondary N) is 1. The van der Waals surface area contributed by atoms with Crippen LogP contribution in [0.25, 0.3) is 21.2 Å². The van der Waals surface area contributed by atoms with E-state index in [1.807, 2.05) is 31.4 Å². The van der Waals surface area contributed by atoms with Crippen molar-refractivity contribution in [3.05, 3.63) is 76.1 Å². The predicted octanol–water partition coefficient (Wildman–Crippen LogP) is 3.30. The maximum Gasteiger partial charge on any atom is 0.259 e. The van der Waals surface area contributed by atoms with Gasteiger partial charge >= 0.3 is 0 Å². The van der Waals surface area contributed by atoms with Crippen LogP contribution in [0.1, 0.15) is 21.5 Å². The molecule has 0 saturated heterocycles. The van der Waals surface area contributed by atoms with E-state index >= 15 is 0 Å². The summed E-state index contributed by atoms with van der Waals surface area (Å²) in [6.45, 7) is 1.40. The minimum absolute atomic E-state index is 0.0253. The Morgan fingerprint density at radius 1 is 1.13 bits per heavy atom. The summed E-state index contributed by atoms with van der Waals surface area (Å²) in [7, 11) is 3.68. The minimum Gasteiger partial charge on any atom is -0.318 e. The first-order chi connectivity index (χ1) is 15.0. The molecule has 156 valence electrons. The van der Waals surface area contributed by atoms with E-state index < -0.39 is 0 Å². The molecule has 4 heterocycles. The van der Waals surface area contributed by atoms with Gasteiger partial charge in [-0.3, -0.25) is 19.9 Å². The number of rotatable bonds is 3. The fourth-order valence-corrected chi connectivity index (χ4v) is 4.79. The first-order valence-electron chi connectivity index (χ1n) is 10.0. The zero-order valence-electron chi connectivity index (χ0n) is 17.3. The number of pyridine rings is 2. The normalized spacial score (nSPS) is 13.9. The Labute approximate surface area is 183 Å². The molecule has 0 radical (unpaired) electrons. The third kappa shape index (κ3) is 3.64. The number of hydrogen-bond acceptors (Lipinski definition) is 6. The molecule has 7 nitrogen and oxygen atoms in total. The van der Waals surface area contributed by atoms with Crippen molar-refractivity contribution in [1.29, 1.82) is 0 Å². The zero-order valence-corrected chi connectivity index (χ0v) is 18.1. The summed E-state index contributed by atoms with van der Waals surface area (Å²) < 4.78 is 1.50. The molecule has 1 aromatic carbocycles. The van der Waals surface area contributed by atoms with Crippen LogP contribution in [0.15, 0.2) is 53.8 Å². The lowest BCUT2D eigenvalue weighted by atomic mass is 9.97. The summed E-state index contributed by atoms with van der Waals surface area (Å²) in [5.41, 5.74) is 3.09. The molecule has 0 unspecified atom stereocenters. The number of amides is 1. The van der Waals surface area contributed by atoms with Gasteiger partial charge in [0.25, 0.3) is 11.5 Å². The van der Waals surface area contributed by atoms with E-state index in [-0.39, 0.29) is 11.5 Å². The second-order valence-corrected chi connectivity index (χ2v) is 8.86. The molecule has 1 aliphatic heterocycles. The Morgan fingerprint density at radius 2 is 2.00 bits per heavy atom. The first-order valence-corrected chi connectivity index (χ1v) is 10.8. The Balaban J connectivity index is 1.44. The van der Waals surface area contributed by atoms with Crippen LogP contribution >= 0.6 is 11.3 Å². The second-order valence-electron chi connectivity index (χ2n) is 7.83. The molecule has 1 amide bonds. The van der Waals surface area contributed by atoms with Crippen molar-refractivity contribution < 1.29 is 4.79 Å². The van der Waals surface area contributed by atoms with E-state index in [4.69, 9.17) is 0 Å². The largest absolute Gasteiger partial charge is 0.318 e. The average Bonchev–Trinajstić information content (AvgIpc) is 3.24. The van der Waals surface area contributed by atoms with Crippen LogP contribution in [0.5, 0.6) is 0 Å². The van der Waals surface area contributed by atoms with Gasteiger partial charge in [-0.2, -0.15) is 0 Å². The lowest BCUT2D eigenvalue weighted by molar-refractivity contribution is 0.102. The van der Waals surface area contributed by atoms with Gasteiger partial charge in [-0.05, 0) is 42.1 Å². The van der Waals surface area contributed by atoms with Gasteiger partial charge in [-0.15, -0.1) is 0 Å². The molecule has 31 heavy (non-hydrogen) atoms. The van der Waals surface area contributed by atoms with Gasteiger partial charge < -0.3 is 9.47 Å². The molecule has 8 heteroatoms. The lowest BCUT2D eigenvalue weighted by Gasteiger charge is -2.26. The number of aryl methyl sites for hydroxylation is 1. The SMILES string of the molecule is CN1CCc2c(c(C(=O)Nc3ncc(-c4ccc5cnccc5c4)s3)cn(C)c2=O)C1. The molecule has 1 N–H and O–H groups in total. The highest BCUT2D eigenvalue weighted by molar-refractivity contribution is 7.19. The summed E-state index contributed by atoms with van der Waals surface area (Å²) in [6, 6.07) is 8.13. The minimum atomic E-state index is -0.243. The fourth-order valence-electron chi connectivity index (χ4n) is 3.99. The topological polar surface area (TPSA) is 80.1 Å². The average molecular weight is 432 g/mol. The summed E-state index contributed by atoms with van der Waals surface area (Å²) in [5, 5.41) is 5.63. The maximum absolute atomic E-state index is 13.1. The smallest absolute Gasteiger partial charge is 0.259 e. The highest BCUT2D eigenvalue weighted by Gasteiger charge is 2.24. The number of carbonyl (C=O) groups excluding carboxylic acids is 1. The van der Waals surface area contributed by atoms with Crippen molar-refractivity contribution in [3.63, 3.8) is 0 Å². The Kier molecular flexibility index (Phi) is 4.88. The summed E-state index contributed by atoms with van der Waals surface area (Å²) in [5.74, 6) is -0.243. The number of nitrogens with zero attached hydrogens (tertiary/aromatic N) is 4. The van der Waals surface area contributed by atoms with Gasteiger partial charge in [0.2, 0.25) is 0 Å². The molecule has 1 aliphatic rings. The van der Waals surface area contributed by atoms with Crippen molar-refractivity contribution in [3.8, 4) is 10.4 Å². The third-order valence-electron chi connectivity index (χ3n) is 5.66. The number of thiazole rings is 1. The molecule has 4 aromatic rings. The lowest BCUT2D eigenvalue weighted by Crippen LogP contribution is -2.36. The van der Waals surface area contributed by atoms with Crippen LogP contribution in [-0.4, -0.2) is 38.9 Å². The van der Waals surface area contributed by atoms with Crippen molar-refractivity contribution >= 4 is 33.1 Å². The fraction of sp³-hybridized carbons (Fsp3) is 0.217. The molecule has 3 aromatic heterocycles. The van der Waals surface area contributed by atoms with Crippen LogP contribution < -0.4 is 10.9 Å². The molecular weight excluding hydrogens is 410 g/mol. The molecule has 5 rings (SSSR count). The van der Waals surface area contributed by atoms with Crippen LogP contribution in [0.2, 0.25) is 0 Å². The highest BCUT2D eigenvalue weighted by Crippen LogP contribution is 2.31. The molecule has 0 atom stereocenters. The highest BCUT2D eigenvalue weighted by atomic mass is 32.1. The number of fused-ring (bicyclic) bond motifs is 2. The van der Waals surface area contributed by atoms with E-state index in [1.54, 1.807) is 25.6 Å². The van der Waals surface area contributed by atoms with Gasteiger partial charge in [0.1, 0.15) is 0 Å². The summed E-state index contributed by atoms with van der Waals surface area (Å²) in [4.78, 5) is 37.2. The summed E-state index contributed by atoms with van der Waals surface area (Å²) >= 11 is 1.43. The summed E-state index contributed by atoms with van der Waals surface area (Å²) in [6.07, 6.45) is 7.66. The van der Waals surface area contributed by atoms with Crippen molar-refractivity contribution in [1.82, 2.24) is 19.4 Å². The number of anilines is 1. The number of benzene rings is 1. The van der Waals surface area contributed by atoms with Gasteiger partial charge in [-0.1, -0.05) is 23.5 Å². The van der Waals surface area contributed by atoms with E-state index in [0.717, 1.165) is 38.9 Å². The Hall–Kier alpha value is -3.36. The van der Waals surface area contributed by atoms with Gasteiger partial charge in [0, 0.05) is 55.9 Å². The molecule has 0 bridgehead atoms. The van der Waals surface area contributed by atoms with Gasteiger partial charge in [-0.25, -0.2) is 4.98 Å². The molecule has 0 aliphatic carbocycles. The number of likely N-dealkylation sites (N-methyl/N-ethyl adjacent to an activating group) is 1. The maximum atomic E-state index is 13.1.